The minimum absolute atomic E-state index is 0.167. The lowest BCUT2D eigenvalue weighted by atomic mass is 10.2. The van der Waals surface area contributed by atoms with Crippen molar-refractivity contribution in [3.8, 4) is 11.8 Å². The van der Waals surface area contributed by atoms with Gasteiger partial charge in [0.15, 0.2) is 0 Å². The maximum absolute atomic E-state index is 10.9. The summed E-state index contributed by atoms with van der Waals surface area (Å²) in [5, 5.41) is 0. The maximum Gasteiger partial charge on any atom is 0.305 e. The molecule has 0 rings (SSSR count). The highest BCUT2D eigenvalue weighted by Crippen LogP contribution is 2.11. The van der Waals surface area contributed by atoms with Crippen LogP contribution in [-0.4, -0.2) is 13.1 Å². The van der Waals surface area contributed by atoms with Crippen LogP contribution in [0.3, 0.4) is 0 Å². The Morgan fingerprint density at radius 1 is 1.24 bits per heavy atom. The van der Waals surface area contributed by atoms with Crippen molar-refractivity contribution in [2.45, 2.75) is 44.9 Å². The second-order valence-corrected chi connectivity index (χ2v) is 5.76. The second-order valence-electron chi connectivity index (χ2n) is 4.32. The van der Waals surface area contributed by atoms with Crippen LogP contribution in [-0.2, 0) is 9.53 Å². The first-order valence-corrected chi connectivity index (χ1v) is 8.74. The van der Waals surface area contributed by atoms with Crippen molar-refractivity contribution in [1.82, 2.24) is 0 Å². The Morgan fingerprint density at radius 3 is 2.71 bits per heavy atom. The van der Waals surface area contributed by atoms with Crippen molar-refractivity contribution in [1.29, 1.82) is 0 Å². The molecule has 0 spiro atoms. The first kappa shape index (κ1) is 20.2. The molecule has 0 bridgehead atoms. The summed E-state index contributed by atoms with van der Waals surface area (Å²) >= 11 is 6.70. The lowest BCUT2D eigenvalue weighted by Crippen LogP contribution is -1.98. The predicted octanol–water partition coefficient (Wildman–Crippen LogP) is 5.64. The average molecular weight is 418 g/mol. The van der Waals surface area contributed by atoms with Gasteiger partial charge >= 0.3 is 5.97 Å². The van der Waals surface area contributed by atoms with Gasteiger partial charge in [0.25, 0.3) is 0 Å². The summed E-state index contributed by atoms with van der Waals surface area (Å²) in [6.45, 7) is 0. The van der Waals surface area contributed by atoms with Gasteiger partial charge in [-0.2, -0.15) is 0 Å². The van der Waals surface area contributed by atoms with E-state index >= 15 is 0 Å². The summed E-state index contributed by atoms with van der Waals surface area (Å²) < 4.78 is 5.66. The van der Waals surface area contributed by atoms with E-state index in [0.29, 0.717) is 6.42 Å². The lowest BCUT2D eigenvalue weighted by Gasteiger charge is -1.94. The number of carbonyl (C=O) groups is 1. The Bertz CT molecular complexity index is 426. The molecule has 21 heavy (non-hydrogen) atoms. The minimum atomic E-state index is -0.167. The molecule has 0 radical (unpaired) electrons. The summed E-state index contributed by atoms with van der Waals surface area (Å²) in [6, 6.07) is 0. The second kappa shape index (κ2) is 15.6. The normalized spacial score (nSPS) is 11.7. The van der Waals surface area contributed by atoms with Gasteiger partial charge in [0.1, 0.15) is 0 Å². The smallest absolute Gasteiger partial charge is 0.305 e. The largest absolute Gasteiger partial charge is 0.469 e. The summed E-state index contributed by atoms with van der Waals surface area (Å²) in [4.78, 5) is 12.7. The van der Waals surface area contributed by atoms with Crippen LogP contribution in [0.25, 0.3) is 0 Å². The van der Waals surface area contributed by atoms with Gasteiger partial charge in [-0.1, -0.05) is 55.9 Å². The number of carbonyl (C=O) groups excluding carboxylic acids is 1. The van der Waals surface area contributed by atoms with E-state index in [1.807, 2.05) is 17.1 Å². The molecule has 0 heterocycles. The standard InChI is InChI=1S/C17H22Br2O2/c1-21-17(20)13-11-9-7-5-3-2-4-6-8-10-12-16(19)14-15-18/h2-3,12,14-15H,4,6,8-11,13H2,1H3/b3-2+,15-14+,16-12-. The molecule has 0 aromatic carbocycles. The van der Waals surface area contributed by atoms with E-state index < -0.39 is 0 Å². The summed E-state index contributed by atoms with van der Waals surface area (Å²) in [6.07, 6.45) is 14.5. The van der Waals surface area contributed by atoms with Crippen LogP contribution in [0.4, 0.5) is 0 Å². The van der Waals surface area contributed by atoms with Crippen LogP contribution in [0, 0.1) is 11.8 Å². The van der Waals surface area contributed by atoms with Crippen LogP contribution in [0.2, 0.25) is 0 Å². The number of esters is 1. The van der Waals surface area contributed by atoms with Crippen LogP contribution in [0.5, 0.6) is 0 Å². The molecule has 0 N–H and O–H groups in total. The Balaban J connectivity index is 3.53. The monoisotopic (exact) mass is 416 g/mol. The van der Waals surface area contributed by atoms with Crippen LogP contribution in [0.15, 0.2) is 33.8 Å². The van der Waals surface area contributed by atoms with Gasteiger partial charge in [0.2, 0.25) is 0 Å². The van der Waals surface area contributed by atoms with Crippen molar-refractivity contribution in [3.63, 3.8) is 0 Å². The highest BCUT2D eigenvalue weighted by atomic mass is 79.9. The van der Waals surface area contributed by atoms with Gasteiger partial charge in [0, 0.05) is 17.3 Å². The molecule has 2 nitrogen and oxygen atoms in total. The summed E-state index contributed by atoms with van der Waals surface area (Å²) in [7, 11) is 1.41. The lowest BCUT2D eigenvalue weighted by molar-refractivity contribution is -0.140. The molecule has 0 aromatic rings. The van der Waals surface area contributed by atoms with Gasteiger partial charge in [-0.05, 0) is 49.2 Å². The van der Waals surface area contributed by atoms with Crippen molar-refractivity contribution >= 4 is 37.8 Å². The van der Waals surface area contributed by atoms with Crippen molar-refractivity contribution in [2.75, 3.05) is 7.11 Å². The minimum Gasteiger partial charge on any atom is -0.469 e. The van der Waals surface area contributed by atoms with E-state index in [4.69, 9.17) is 0 Å². The van der Waals surface area contributed by atoms with Gasteiger partial charge in [-0.25, -0.2) is 0 Å². The third kappa shape index (κ3) is 15.4. The van der Waals surface area contributed by atoms with Crippen molar-refractivity contribution < 1.29 is 9.53 Å². The van der Waals surface area contributed by atoms with Gasteiger partial charge in [-0.15, -0.1) is 0 Å². The van der Waals surface area contributed by atoms with Gasteiger partial charge in [0.05, 0.1) is 7.11 Å². The quantitative estimate of drug-likeness (QED) is 0.210. The number of ether oxygens (including phenoxy) is 1. The molecule has 0 unspecified atom stereocenters. The summed E-state index contributed by atoms with van der Waals surface area (Å²) in [5.74, 6) is 5.84. The van der Waals surface area contributed by atoms with E-state index in [2.05, 4.69) is 60.6 Å². The molecule has 0 amide bonds. The van der Waals surface area contributed by atoms with Crippen molar-refractivity contribution in [2.24, 2.45) is 0 Å². The topological polar surface area (TPSA) is 26.3 Å². The fraction of sp³-hybridized carbons (Fsp3) is 0.471. The number of halogens is 2. The average Bonchev–Trinajstić information content (AvgIpc) is 2.48. The van der Waals surface area contributed by atoms with Gasteiger partial charge in [-0.3, -0.25) is 4.79 Å². The van der Waals surface area contributed by atoms with Crippen LogP contribution >= 0.6 is 31.9 Å². The molecule has 0 fully saturated rings. The fourth-order valence-electron chi connectivity index (χ4n) is 1.47. The van der Waals surface area contributed by atoms with E-state index in [9.17, 15) is 4.79 Å². The van der Waals surface area contributed by atoms with E-state index in [1.165, 1.54) is 13.5 Å². The molecule has 0 aliphatic rings. The Labute approximate surface area is 145 Å². The predicted molar refractivity (Wildman–Crippen MR) is 96.3 cm³/mol. The van der Waals surface area contributed by atoms with E-state index in [1.54, 1.807) is 0 Å². The molecule has 0 aliphatic heterocycles. The Morgan fingerprint density at radius 2 is 2.00 bits per heavy atom. The molecular weight excluding hydrogens is 396 g/mol. The van der Waals surface area contributed by atoms with Crippen molar-refractivity contribution in [3.05, 3.63) is 33.8 Å². The van der Waals surface area contributed by atoms with E-state index in [-0.39, 0.29) is 5.97 Å². The number of hydrogen-bond acceptors (Lipinski definition) is 2. The van der Waals surface area contributed by atoms with E-state index in [0.717, 1.165) is 36.6 Å². The molecule has 116 valence electrons. The number of rotatable bonds is 9. The first-order chi connectivity index (χ1) is 10.2. The molecule has 0 aliphatic carbocycles. The number of methoxy groups -OCH3 is 1. The zero-order chi connectivity index (χ0) is 15.8. The maximum atomic E-state index is 10.9. The molecule has 0 saturated carbocycles. The molecular formula is C17H22Br2O2. The number of allylic oxidation sites excluding steroid dienone is 5. The molecule has 0 aromatic heterocycles. The Hall–Kier alpha value is -0.790. The van der Waals surface area contributed by atoms with Crippen LogP contribution < -0.4 is 0 Å². The third-order valence-electron chi connectivity index (χ3n) is 2.60. The summed E-state index contributed by atoms with van der Waals surface area (Å²) in [5.41, 5.74) is 0. The highest BCUT2D eigenvalue weighted by Gasteiger charge is 1.96. The zero-order valence-corrected chi connectivity index (χ0v) is 15.6. The number of hydrogen-bond donors (Lipinski definition) is 0. The Kier molecular flexibility index (Phi) is 15.0. The third-order valence-corrected chi connectivity index (χ3v) is 3.45. The molecule has 0 saturated heterocycles. The van der Waals surface area contributed by atoms with Crippen LogP contribution in [0.1, 0.15) is 44.9 Å². The number of unbranched alkanes of at least 4 members (excludes halogenated alkanes) is 4. The molecule has 4 heteroatoms. The molecule has 0 atom stereocenters. The zero-order valence-electron chi connectivity index (χ0n) is 12.4. The highest BCUT2D eigenvalue weighted by molar-refractivity contribution is 9.12. The first-order valence-electron chi connectivity index (χ1n) is 7.03. The van der Waals surface area contributed by atoms with Gasteiger partial charge < -0.3 is 4.74 Å². The fourth-order valence-corrected chi connectivity index (χ4v) is 2.47. The SMILES string of the molecule is COC(=O)CCCC#C/C=C/CCCC/C=C(Br)/C=C/Br.